The van der Waals surface area contributed by atoms with Crippen molar-refractivity contribution in [1.29, 1.82) is 0 Å². The van der Waals surface area contributed by atoms with Gasteiger partial charge >= 0.3 is 0 Å². The van der Waals surface area contributed by atoms with Crippen molar-refractivity contribution in [2.75, 3.05) is 25.1 Å². The summed E-state index contributed by atoms with van der Waals surface area (Å²) in [7, 11) is 1.96. The van der Waals surface area contributed by atoms with E-state index >= 15 is 0 Å². The predicted molar refractivity (Wildman–Crippen MR) is 44.7 cm³/mol. The van der Waals surface area contributed by atoms with Gasteiger partial charge in [-0.15, -0.1) is 17.7 Å². The van der Waals surface area contributed by atoms with Gasteiger partial charge in [-0.3, -0.25) is 0 Å². The van der Waals surface area contributed by atoms with Crippen LogP contribution in [0.3, 0.4) is 0 Å². The van der Waals surface area contributed by atoms with Gasteiger partial charge in [0.05, 0.1) is 5.75 Å². The van der Waals surface area contributed by atoms with Crippen molar-refractivity contribution >= 4 is 11.8 Å². The Kier molecular flexibility index (Phi) is 7.76. The highest BCUT2D eigenvalue weighted by atomic mass is 32.2. The maximum atomic E-state index is 3.08. The molecule has 0 fully saturated rings. The largest absolute Gasteiger partial charge is 0.319 e. The number of hydrogen-bond acceptors (Lipinski definition) is 2. The first-order valence-corrected chi connectivity index (χ1v) is 4.19. The van der Waals surface area contributed by atoms with Crippen LogP contribution in [0.2, 0.25) is 0 Å². The molecule has 0 unspecified atom stereocenters. The maximum absolute atomic E-state index is 3.08. The van der Waals surface area contributed by atoms with Crippen LogP contribution in [-0.4, -0.2) is 25.1 Å². The molecule has 0 heterocycles. The van der Waals surface area contributed by atoms with Crippen LogP contribution >= 0.6 is 11.8 Å². The zero-order valence-corrected chi connectivity index (χ0v) is 6.85. The zero-order chi connectivity index (χ0) is 6.95. The minimum atomic E-state index is 0.970. The summed E-state index contributed by atoms with van der Waals surface area (Å²) in [5.41, 5.74) is 0. The van der Waals surface area contributed by atoms with E-state index < -0.39 is 0 Å². The van der Waals surface area contributed by atoms with Crippen LogP contribution in [0.15, 0.2) is 0 Å². The first-order chi connectivity index (χ1) is 4.41. The van der Waals surface area contributed by atoms with Gasteiger partial charge in [-0.05, 0) is 14.0 Å². The van der Waals surface area contributed by atoms with Gasteiger partial charge in [0.15, 0.2) is 0 Å². The molecule has 0 bridgehead atoms. The molecule has 0 aromatic rings. The Morgan fingerprint density at radius 2 is 2.33 bits per heavy atom. The summed E-state index contributed by atoms with van der Waals surface area (Å²) in [5, 5.41) is 3.08. The smallest absolute Gasteiger partial charge is 0.0547 e. The molecule has 0 amide bonds. The number of hydrogen-bond donors (Lipinski definition) is 1. The molecule has 0 saturated heterocycles. The summed E-state index contributed by atoms with van der Waals surface area (Å²) in [4.78, 5) is 0. The van der Waals surface area contributed by atoms with E-state index in [0.717, 1.165) is 18.1 Å². The van der Waals surface area contributed by atoms with Crippen LogP contribution in [0.5, 0.6) is 0 Å². The first-order valence-electron chi connectivity index (χ1n) is 3.03. The fourth-order valence-corrected chi connectivity index (χ4v) is 1.11. The number of thioether (sulfide) groups is 1. The van der Waals surface area contributed by atoms with Gasteiger partial charge in [-0.2, -0.15) is 0 Å². The Hall–Kier alpha value is -0.130. The third-order valence-electron chi connectivity index (χ3n) is 0.847. The van der Waals surface area contributed by atoms with Crippen LogP contribution in [0.1, 0.15) is 6.92 Å². The van der Waals surface area contributed by atoms with Crippen molar-refractivity contribution < 1.29 is 0 Å². The van der Waals surface area contributed by atoms with Crippen molar-refractivity contribution in [3.8, 4) is 11.8 Å². The third kappa shape index (κ3) is 7.87. The van der Waals surface area contributed by atoms with Crippen molar-refractivity contribution in [2.24, 2.45) is 0 Å². The second-order valence-corrected chi connectivity index (χ2v) is 2.69. The van der Waals surface area contributed by atoms with E-state index in [1.165, 1.54) is 0 Å². The van der Waals surface area contributed by atoms with Gasteiger partial charge in [0.1, 0.15) is 0 Å². The number of nitrogens with one attached hydrogen (secondary N) is 1. The Bertz CT molecular complexity index is 101. The van der Waals surface area contributed by atoms with Crippen LogP contribution in [-0.2, 0) is 0 Å². The van der Waals surface area contributed by atoms with Crippen molar-refractivity contribution in [3.63, 3.8) is 0 Å². The summed E-state index contributed by atoms with van der Waals surface area (Å²) >= 11 is 1.87. The highest BCUT2D eigenvalue weighted by Gasteiger charge is 1.81. The average Bonchev–Trinajstić information content (AvgIpc) is 1.89. The van der Waals surface area contributed by atoms with Gasteiger partial charge in [-0.1, -0.05) is 5.92 Å². The molecule has 0 aliphatic heterocycles. The molecule has 1 nitrogen and oxygen atoms in total. The Morgan fingerprint density at radius 3 is 2.89 bits per heavy atom. The molecule has 0 radical (unpaired) electrons. The fourth-order valence-electron chi connectivity index (χ4n) is 0.370. The van der Waals surface area contributed by atoms with E-state index in [1.54, 1.807) is 0 Å². The molecule has 0 rings (SSSR count). The molecule has 0 atom stereocenters. The SMILES string of the molecule is CC#CCSCCNC. The zero-order valence-electron chi connectivity index (χ0n) is 6.03. The lowest BCUT2D eigenvalue weighted by molar-refractivity contribution is 0.872. The second kappa shape index (κ2) is 7.87. The molecular formula is C7H13NS. The summed E-state index contributed by atoms with van der Waals surface area (Å²) in [6.07, 6.45) is 0. The highest BCUT2D eigenvalue weighted by molar-refractivity contribution is 7.99. The molecule has 0 saturated carbocycles. The van der Waals surface area contributed by atoms with E-state index in [-0.39, 0.29) is 0 Å². The van der Waals surface area contributed by atoms with Gasteiger partial charge < -0.3 is 5.32 Å². The lowest BCUT2D eigenvalue weighted by Crippen LogP contribution is -2.09. The Morgan fingerprint density at radius 1 is 1.56 bits per heavy atom. The minimum Gasteiger partial charge on any atom is -0.319 e. The normalized spacial score (nSPS) is 8.22. The molecule has 0 aliphatic carbocycles. The highest BCUT2D eigenvalue weighted by Crippen LogP contribution is 1.94. The summed E-state index contributed by atoms with van der Waals surface area (Å²) in [6, 6.07) is 0. The Labute approximate surface area is 61.6 Å². The van der Waals surface area contributed by atoms with Crippen molar-refractivity contribution in [1.82, 2.24) is 5.32 Å². The molecular weight excluding hydrogens is 130 g/mol. The van der Waals surface area contributed by atoms with Gasteiger partial charge in [0, 0.05) is 12.3 Å². The van der Waals surface area contributed by atoms with E-state index in [9.17, 15) is 0 Å². The third-order valence-corrected chi connectivity index (χ3v) is 1.69. The quantitative estimate of drug-likeness (QED) is 0.465. The van der Waals surface area contributed by atoms with Gasteiger partial charge in [-0.25, -0.2) is 0 Å². The Balaban J connectivity index is 2.80. The lowest BCUT2D eigenvalue weighted by atomic mass is 10.7. The molecule has 0 aromatic heterocycles. The van der Waals surface area contributed by atoms with Gasteiger partial charge in [0.2, 0.25) is 0 Å². The average molecular weight is 143 g/mol. The van der Waals surface area contributed by atoms with Crippen LogP contribution in [0.4, 0.5) is 0 Å². The van der Waals surface area contributed by atoms with E-state index in [1.807, 2.05) is 25.7 Å². The minimum absolute atomic E-state index is 0.970. The summed E-state index contributed by atoms with van der Waals surface area (Å²) in [5.74, 6) is 7.97. The maximum Gasteiger partial charge on any atom is 0.0547 e. The van der Waals surface area contributed by atoms with Crippen molar-refractivity contribution in [3.05, 3.63) is 0 Å². The molecule has 1 N–H and O–H groups in total. The van der Waals surface area contributed by atoms with Crippen LogP contribution in [0.25, 0.3) is 0 Å². The topological polar surface area (TPSA) is 12.0 Å². The second-order valence-electron chi connectivity index (χ2n) is 1.58. The standard InChI is InChI=1S/C7H13NS/c1-3-4-6-9-7-5-8-2/h8H,5-7H2,1-2H3. The first kappa shape index (κ1) is 8.87. The van der Waals surface area contributed by atoms with Crippen molar-refractivity contribution in [2.45, 2.75) is 6.92 Å². The fraction of sp³-hybridized carbons (Fsp3) is 0.714. The predicted octanol–water partition coefficient (Wildman–Crippen LogP) is 0.962. The van der Waals surface area contributed by atoms with E-state index in [0.29, 0.717) is 0 Å². The molecule has 52 valence electrons. The van der Waals surface area contributed by atoms with E-state index in [4.69, 9.17) is 0 Å². The van der Waals surface area contributed by atoms with Crippen LogP contribution < -0.4 is 5.32 Å². The van der Waals surface area contributed by atoms with E-state index in [2.05, 4.69) is 17.2 Å². The lowest BCUT2D eigenvalue weighted by Gasteiger charge is -1.93. The van der Waals surface area contributed by atoms with Crippen LogP contribution in [0, 0.1) is 11.8 Å². The number of rotatable bonds is 4. The monoisotopic (exact) mass is 143 g/mol. The van der Waals surface area contributed by atoms with Gasteiger partial charge in [0.25, 0.3) is 0 Å². The summed E-state index contributed by atoms with van der Waals surface area (Å²) in [6.45, 7) is 2.95. The molecule has 0 aliphatic rings. The molecule has 9 heavy (non-hydrogen) atoms. The molecule has 0 aromatic carbocycles. The molecule has 0 spiro atoms. The molecule has 2 heteroatoms. The summed E-state index contributed by atoms with van der Waals surface area (Å²) < 4.78 is 0.